The Labute approximate surface area is 132 Å². The zero-order valence-electron chi connectivity index (χ0n) is 13.0. The van der Waals surface area contributed by atoms with Gasteiger partial charge in [0, 0.05) is 26.7 Å². The summed E-state index contributed by atoms with van der Waals surface area (Å²) in [5, 5.41) is 9.57. The quantitative estimate of drug-likeness (QED) is 0.809. The highest BCUT2D eigenvalue weighted by molar-refractivity contribution is 5.48. The molecule has 3 heteroatoms. The van der Waals surface area contributed by atoms with Crippen LogP contribution in [-0.4, -0.2) is 36.8 Å². The molecule has 0 saturated heterocycles. The third kappa shape index (κ3) is 5.72. The summed E-state index contributed by atoms with van der Waals surface area (Å²) in [6.07, 6.45) is 4.29. The molecule has 0 aliphatic heterocycles. The summed E-state index contributed by atoms with van der Waals surface area (Å²) >= 11 is 0. The number of benzene rings is 2. The van der Waals surface area contributed by atoms with E-state index < -0.39 is 0 Å². The van der Waals surface area contributed by atoms with Crippen molar-refractivity contribution < 1.29 is 9.84 Å². The largest absolute Gasteiger partial charge is 0.508 e. The van der Waals surface area contributed by atoms with Gasteiger partial charge in [-0.25, -0.2) is 0 Å². The third-order valence-corrected chi connectivity index (χ3v) is 3.40. The molecule has 0 saturated carbocycles. The number of ether oxygens (including phenoxy) is 1. The van der Waals surface area contributed by atoms with E-state index in [2.05, 4.69) is 29.2 Å². The number of rotatable bonds is 8. The highest BCUT2D eigenvalue weighted by Gasteiger charge is 2.04. The van der Waals surface area contributed by atoms with Gasteiger partial charge in [-0.2, -0.15) is 0 Å². The van der Waals surface area contributed by atoms with E-state index in [1.165, 1.54) is 5.56 Å². The van der Waals surface area contributed by atoms with Crippen molar-refractivity contribution in [3.8, 4) is 5.75 Å². The van der Waals surface area contributed by atoms with Gasteiger partial charge >= 0.3 is 0 Å². The Morgan fingerprint density at radius 3 is 2.64 bits per heavy atom. The molecule has 0 heterocycles. The van der Waals surface area contributed by atoms with Crippen LogP contribution < -0.4 is 0 Å². The molecule has 0 fully saturated rings. The van der Waals surface area contributed by atoms with Gasteiger partial charge in [0.25, 0.3) is 0 Å². The van der Waals surface area contributed by atoms with Crippen LogP contribution in [0.3, 0.4) is 0 Å². The zero-order chi connectivity index (χ0) is 15.6. The minimum atomic E-state index is 0.309. The number of aromatic hydroxyl groups is 1. The summed E-state index contributed by atoms with van der Waals surface area (Å²) in [4.78, 5) is 2.29. The molecule has 0 bridgehead atoms. The van der Waals surface area contributed by atoms with Crippen molar-refractivity contribution in [2.24, 2.45) is 0 Å². The zero-order valence-corrected chi connectivity index (χ0v) is 13.0. The van der Waals surface area contributed by atoms with Crippen LogP contribution >= 0.6 is 0 Å². The van der Waals surface area contributed by atoms with Crippen molar-refractivity contribution in [1.82, 2.24) is 4.90 Å². The maximum Gasteiger partial charge on any atom is 0.115 e. The lowest BCUT2D eigenvalue weighted by atomic mass is 10.2. The number of phenolic OH excluding ortho intramolecular Hbond substituents is 1. The molecule has 0 aromatic heterocycles. The van der Waals surface area contributed by atoms with Gasteiger partial charge in [0.15, 0.2) is 0 Å². The fraction of sp³-hybridized carbons (Fsp3) is 0.263. The van der Waals surface area contributed by atoms with Gasteiger partial charge in [-0.1, -0.05) is 54.6 Å². The fourth-order valence-electron chi connectivity index (χ4n) is 2.27. The first-order valence-electron chi connectivity index (χ1n) is 7.49. The predicted molar refractivity (Wildman–Crippen MR) is 90.7 cm³/mol. The molecule has 0 amide bonds. The summed E-state index contributed by atoms with van der Waals surface area (Å²) in [6, 6.07) is 17.7. The first-order chi connectivity index (χ1) is 10.8. The van der Waals surface area contributed by atoms with Crippen LogP contribution in [0.5, 0.6) is 5.75 Å². The Balaban J connectivity index is 1.95. The summed E-state index contributed by atoms with van der Waals surface area (Å²) in [7, 11) is 1.71. The molecule has 0 atom stereocenters. The SMILES string of the molecule is COCCN(CC=Cc1ccccc1)Cc1cccc(O)c1. The van der Waals surface area contributed by atoms with Gasteiger partial charge in [-0.3, -0.25) is 4.90 Å². The Morgan fingerprint density at radius 2 is 1.91 bits per heavy atom. The molecular formula is C19H23NO2. The molecular weight excluding hydrogens is 274 g/mol. The molecule has 22 heavy (non-hydrogen) atoms. The molecule has 2 aromatic carbocycles. The standard InChI is InChI=1S/C19H23NO2/c1-22-14-13-20(16-18-9-5-11-19(21)15-18)12-6-10-17-7-3-2-4-8-17/h2-11,15,21H,12-14,16H2,1H3. The number of hydrogen-bond acceptors (Lipinski definition) is 3. The number of nitrogens with zero attached hydrogens (tertiary/aromatic N) is 1. The minimum Gasteiger partial charge on any atom is -0.508 e. The van der Waals surface area contributed by atoms with Crippen LogP contribution in [-0.2, 0) is 11.3 Å². The lowest BCUT2D eigenvalue weighted by Crippen LogP contribution is -2.27. The Kier molecular flexibility index (Phi) is 6.68. The van der Waals surface area contributed by atoms with Gasteiger partial charge in [-0.15, -0.1) is 0 Å². The molecule has 1 N–H and O–H groups in total. The second-order valence-corrected chi connectivity index (χ2v) is 5.21. The highest BCUT2D eigenvalue weighted by Crippen LogP contribution is 2.13. The van der Waals surface area contributed by atoms with Gasteiger partial charge in [0.1, 0.15) is 5.75 Å². The average molecular weight is 297 g/mol. The minimum absolute atomic E-state index is 0.309. The lowest BCUT2D eigenvalue weighted by molar-refractivity contribution is 0.151. The molecule has 3 nitrogen and oxygen atoms in total. The van der Waals surface area contributed by atoms with Crippen LogP contribution in [0.15, 0.2) is 60.7 Å². The number of methoxy groups -OCH3 is 1. The second kappa shape index (κ2) is 9.03. The molecule has 0 aliphatic carbocycles. The van der Waals surface area contributed by atoms with Crippen molar-refractivity contribution in [2.45, 2.75) is 6.54 Å². The van der Waals surface area contributed by atoms with Gasteiger partial charge < -0.3 is 9.84 Å². The summed E-state index contributed by atoms with van der Waals surface area (Å²) in [5.74, 6) is 0.309. The second-order valence-electron chi connectivity index (χ2n) is 5.21. The van der Waals surface area contributed by atoms with E-state index in [9.17, 15) is 5.11 Å². The van der Waals surface area contributed by atoms with Crippen molar-refractivity contribution in [3.63, 3.8) is 0 Å². The predicted octanol–water partition coefficient (Wildman–Crippen LogP) is 3.55. The number of phenols is 1. The molecule has 2 aromatic rings. The van der Waals surface area contributed by atoms with Crippen molar-refractivity contribution >= 4 is 6.08 Å². The van der Waals surface area contributed by atoms with E-state index in [-0.39, 0.29) is 0 Å². The monoisotopic (exact) mass is 297 g/mol. The first kappa shape index (κ1) is 16.3. The Morgan fingerprint density at radius 1 is 1.09 bits per heavy atom. The Hall–Kier alpha value is -2.10. The van der Waals surface area contributed by atoms with E-state index in [4.69, 9.17) is 4.74 Å². The molecule has 0 spiro atoms. The molecule has 2 rings (SSSR count). The number of hydrogen-bond donors (Lipinski definition) is 1. The van der Waals surface area contributed by atoms with Crippen LogP contribution in [0.2, 0.25) is 0 Å². The van der Waals surface area contributed by atoms with E-state index in [1.54, 1.807) is 19.2 Å². The van der Waals surface area contributed by atoms with Gasteiger partial charge in [0.2, 0.25) is 0 Å². The molecule has 116 valence electrons. The van der Waals surface area contributed by atoms with Crippen LogP contribution in [0, 0.1) is 0 Å². The van der Waals surface area contributed by atoms with Gasteiger partial charge in [-0.05, 0) is 23.3 Å². The Bertz CT molecular complexity index is 581. The summed E-state index contributed by atoms with van der Waals surface area (Å²) < 4.78 is 5.18. The first-order valence-corrected chi connectivity index (χ1v) is 7.49. The van der Waals surface area contributed by atoms with E-state index in [0.29, 0.717) is 12.4 Å². The lowest BCUT2D eigenvalue weighted by Gasteiger charge is -2.20. The topological polar surface area (TPSA) is 32.7 Å². The maximum atomic E-state index is 9.57. The highest BCUT2D eigenvalue weighted by atomic mass is 16.5. The summed E-state index contributed by atoms with van der Waals surface area (Å²) in [6.45, 7) is 3.17. The van der Waals surface area contributed by atoms with Crippen LogP contribution in [0.25, 0.3) is 6.08 Å². The third-order valence-electron chi connectivity index (χ3n) is 3.40. The van der Waals surface area contributed by atoms with Crippen molar-refractivity contribution in [1.29, 1.82) is 0 Å². The van der Waals surface area contributed by atoms with Crippen LogP contribution in [0.1, 0.15) is 11.1 Å². The van der Waals surface area contributed by atoms with Crippen molar-refractivity contribution in [3.05, 3.63) is 71.8 Å². The fourth-order valence-corrected chi connectivity index (χ4v) is 2.27. The van der Waals surface area contributed by atoms with Crippen LogP contribution in [0.4, 0.5) is 0 Å². The van der Waals surface area contributed by atoms with E-state index in [1.807, 2.05) is 30.3 Å². The maximum absolute atomic E-state index is 9.57. The average Bonchev–Trinajstić information content (AvgIpc) is 2.53. The molecule has 0 aliphatic rings. The van der Waals surface area contributed by atoms with Crippen molar-refractivity contribution in [2.75, 3.05) is 26.8 Å². The van der Waals surface area contributed by atoms with E-state index in [0.717, 1.165) is 25.2 Å². The summed E-state index contributed by atoms with van der Waals surface area (Å²) in [5.41, 5.74) is 2.30. The smallest absolute Gasteiger partial charge is 0.115 e. The van der Waals surface area contributed by atoms with Gasteiger partial charge in [0.05, 0.1) is 6.61 Å². The molecule has 0 radical (unpaired) electrons. The van der Waals surface area contributed by atoms with E-state index >= 15 is 0 Å². The molecule has 0 unspecified atom stereocenters. The normalized spacial score (nSPS) is 11.4.